The van der Waals surface area contributed by atoms with E-state index < -0.39 is 0 Å². The van der Waals surface area contributed by atoms with E-state index in [1.807, 2.05) is 24.3 Å². The standard InChI is InChI=1S/C35H48O5/c1-3-4-5-6-7-8-9-10-11-12-13-14-15-16-17-18-34(36)40-31-23-24-32-33(26-31)39-27-29(35(32)37)25-28-19-21-30(38-2)22-20-28/h19-24,26-27H,3-18,25H2,1-2H3. The number of ether oxygens (including phenoxy) is 2. The molecule has 0 saturated heterocycles. The van der Waals surface area contributed by atoms with Crippen LogP contribution in [-0.2, 0) is 11.2 Å². The first kappa shape index (κ1) is 31.4. The van der Waals surface area contributed by atoms with Crippen LogP contribution >= 0.6 is 0 Å². The van der Waals surface area contributed by atoms with E-state index in [9.17, 15) is 9.59 Å². The molecule has 0 spiro atoms. The molecule has 0 aliphatic rings. The van der Waals surface area contributed by atoms with Crippen molar-refractivity contribution in [2.75, 3.05) is 7.11 Å². The molecule has 3 rings (SSSR count). The highest BCUT2D eigenvalue weighted by Gasteiger charge is 2.11. The maximum atomic E-state index is 13.0. The van der Waals surface area contributed by atoms with Crippen LogP contribution in [0, 0.1) is 0 Å². The van der Waals surface area contributed by atoms with Gasteiger partial charge in [0, 0.05) is 24.5 Å². The summed E-state index contributed by atoms with van der Waals surface area (Å²) in [6.45, 7) is 2.27. The summed E-state index contributed by atoms with van der Waals surface area (Å²) in [5.41, 5.74) is 1.92. The van der Waals surface area contributed by atoms with Crippen LogP contribution in [0.25, 0.3) is 11.0 Å². The third-order valence-corrected chi connectivity index (χ3v) is 7.59. The minimum Gasteiger partial charge on any atom is -0.497 e. The predicted molar refractivity (Wildman–Crippen MR) is 163 cm³/mol. The normalized spacial score (nSPS) is 11.2. The third-order valence-electron chi connectivity index (χ3n) is 7.59. The lowest BCUT2D eigenvalue weighted by molar-refractivity contribution is -0.134. The fraction of sp³-hybridized carbons (Fsp3) is 0.543. The van der Waals surface area contributed by atoms with Crippen molar-refractivity contribution in [2.45, 2.75) is 116 Å². The third kappa shape index (κ3) is 11.2. The second-order valence-electron chi connectivity index (χ2n) is 10.9. The number of methoxy groups -OCH3 is 1. The molecular formula is C35H48O5. The molecule has 0 aliphatic carbocycles. The Morgan fingerprint density at radius 1 is 0.725 bits per heavy atom. The van der Waals surface area contributed by atoms with Crippen LogP contribution in [0.15, 0.2) is 57.9 Å². The SMILES string of the molecule is CCCCCCCCCCCCCCCCCC(=O)Oc1ccc2c(=O)c(Cc3ccc(OC)cc3)coc2c1. The summed E-state index contributed by atoms with van der Waals surface area (Å²) in [7, 11) is 1.62. The summed E-state index contributed by atoms with van der Waals surface area (Å²) in [6, 6.07) is 12.6. The lowest BCUT2D eigenvalue weighted by Gasteiger charge is -2.07. The van der Waals surface area contributed by atoms with Gasteiger partial charge in [0.15, 0.2) is 5.43 Å². The lowest BCUT2D eigenvalue weighted by Crippen LogP contribution is -2.10. The maximum absolute atomic E-state index is 13.0. The number of benzene rings is 2. The zero-order chi connectivity index (χ0) is 28.4. The average Bonchev–Trinajstić information content (AvgIpc) is 2.97. The second kappa shape index (κ2) is 18.3. The molecule has 5 nitrogen and oxygen atoms in total. The van der Waals surface area contributed by atoms with Gasteiger partial charge in [-0.3, -0.25) is 9.59 Å². The highest BCUT2D eigenvalue weighted by atomic mass is 16.5. The lowest BCUT2D eigenvalue weighted by atomic mass is 10.0. The Morgan fingerprint density at radius 3 is 1.85 bits per heavy atom. The number of hydrogen-bond donors (Lipinski definition) is 0. The molecule has 5 heteroatoms. The quantitative estimate of drug-likeness (QED) is 0.0799. The van der Waals surface area contributed by atoms with Gasteiger partial charge < -0.3 is 13.9 Å². The number of unbranched alkanes of at least 4 members (excludes halogenated alkanes) is 14. The maximum Gasteiger partial charge on any atom is 0.311 e. The molecule has 218 valence electrons. The average molecular weight is 549 g/mol. The monoisotopic (exact) mass is 548 g/mol. The van der Waals surface area contributed by atoms with E-state index in [1.54, 1.807) is 25.3 Å². The van der Waals surface area contributed by atoms with Gasteiger partial charge in [0.1, 0.15) is 17.1 Å². The van der Waals surface area contributed by atoms with E-state index in [1.165, 1.54) is 89.7 Å². The largest absolute Gasteiger partial charge is 0.497 e. The smallest absolute Gasteiger partial charge is 0.311 e. The molecule has 40 heavy (non-hydrogen) atoms. The number of hydrogen-bond acceptors (Lipinski definition) is 5. The van der Waals surface area contributed by atoms with E-state index in [2.05, 4.69) is 6.92 Å². The molecule has 0 saturated carbocycles. The van der Waals surface area contributed by atoms with Crippen molar-refractivity contribution in [1.29, 1.82) is 0 Å². The van der Waals surface area contributed by atoms with Crippen LogP contribution in [0.1, 0.15) is 121 Å². The van der Waals surface area contributed by atoms with Gasteiger partial charge in [-0.1, -0.05) is 109 Å². The van der Waals surface area contributed by atoms with Crippen molar-refractivity contribution in [3.63, 3.8) is 0 Å². The molecule has 3 aromatic rings. The van der Waals surface area contributed by atoms with Crippen molar-refractivity contribution < 1.29 is 18.7 Å². The molecule has 0 radical (unpaired) electrons. The Kier molecular flexibility index (Phi) is 14.4. The topological polar surface area (TPSA) is 65.7 Å². The fourth-order valence-corrected chi connectivity index (χ4v) is 5.12. The first-order chi connectivity index (χ1) is 19.6. The van der Waals surface area contributed by atoms with Crippen LogP contribution < -0.4 is 14.9 Å². The molecule has 1 heterocycles. The molecule has 0 fully saturated rings. The number of rotatable bonds is 20. The first-order valence-electron chi connectivity index (χ1n) is 15.5. The number of fused-ring (bicyclic) bond motifs is 1. The van der Waals surface area contributed by atoms with Crippen LogP contribution in [0.4, 0.5) is 0 Å². The van der Waals surface area contributed by atoms with Crippen molar-refractivity contribution in [1.82, 2.24) is 0 Å². The van der Waals surface area contributed by atoms with E-state index in [4.69, 9.17) is 13.9 Å². The van der Waals surface area contributed by atoms with Crippen LogP contribution in [0.3, 0.4) is 0 Å². The summed E-state index contributed by atoms with van der Waals surface area (Å²) in [6.07, 6.45) is 21.8. The Labute approximate surface area is 240 Å². The van der Waals surface area contributed by atoms with Crippen LogP contribution in [0.5, 0.6) is 11.5 Å². The Morgan fingerprint density at radius 2 is 1.27 bits per heavy atom. The Hall–Kier alpha value is -3.08. The van der Waals surface area contributed by atoms with Crippen molar-refractivity contribution in [2.24, 2.45) is 0 Å². The van der Waals surface area contributed by atoms with Gasteiger partial charge in [-0.15, -0.1) is 0 Å². The summed E-state index contributed by atoms with van der Waals surface area (Å²) >= 11 is 0. The molecule has 0 amide bonds. The molecule has 2 aromatic carbocycles. The van der Waals surface area contributed by atoms with Gasteiger partial charge in [-0.05, 0) is 36.2 Å². The fourth-order valence-electron chi connectivity index (χ4n) is 5.12. The molecular weight excluding hydrogens is 500 g/mol. The van der Waals surface area contributed by atoms with Gasteiger partial charge in [0.2, 0.25) is 0 Å². The predicted octanol–water partition coefficient (Wildman–Crippen LogP) is 9.56. The van der Waals surface area contributed by atoms with E-state index in [0.717, 1.165) is 24.2 Å². The van der Waals surface area contributed by atoms with Crippen LogP contribution in [-0.4, -0.2) is 13.1 Å². The van der Waals surface area contributed by atoms with Crippen molar-refractivity contribution in [3.8, 4) is 11.5 Å². The van der Waals surface area contributed by atoms with E-state index >= 15 is 0 Å². The summed E-state index contributed by atoms with van der Waals surface area (Å²) in [5, 5.41) is 0.480. The highest BCUT2D eigenvalue weighted by molar-refractivity contribution is 5.80. The molecule has 0 N–H and O–H groups in total. The summed E-state index contributed by atoms with van der Waals surface area (Å²) in [5.74, 6) is 0.938. The van der Waals surface area contributed by atoms with Gasteiger partial charge >= 0.3 is 5.97 Å². The summed E-state index contributed by atoms with van der Waals surface area (Å²) < 4.78 is 16.4. The van der Waals surface area contributed by atoms with Crippen LogP contribution in [0.2, 0.25) is 0 Å². The molecule has 1 aromatic heterocycles. The van der Waals surface area contributed by atoms with E-state index in [0.29, 0.717) is 35.1 Å². The molecule has 0 atom stereocenters. The zero-order valence-corrected chi connectivity index (χ0v) is 24.7. The minimum atomic E-state index is -0.243. The molecule has 0 bridgehead atoms. The van der Waals surface area contributed by atoms with Gasteiger partial charge in [-0.25, -0.2) is 0 Å². The zero-order valence-electron chi connectivity index (χ0n) is 24.7. The number of carbonyl (C=O) groups is 1. The molecule has 0 unspecified atom stereocenters. The van der Waals surface area contributed by atoms with Crippen molar-refractivity contribution >= 4 is 16.9 Å². The minimum absolute atomic E-state index is 0.0762. The summed E-state index contributed by atoms with van der Waals surface area (Å²) in [4.78, 5) is 25.3. The number of esters is 1. The second-order valence-corrected chi connectivity index (χ2v) is 10.9. The van der Waals surface area contributed by atoms with Gasteiger partial charge in [-0.2, -0.15) is 0 Å². The van der Waals surface area contributed by atoms with E-state index in [-0.39, 0.29) is 11.4 Å². The Balaban J connectivity index is 1.29. The van der Waals surface area contributed by atoms with Gasteiger partial charge in [0.05, 0.1) is 18.8 Å². The van der Waals surface area contributed by atoms with Gasteiger partial charge in [0.25, 0.3) is 0 Å². The Bertz CT molecular complexity index is 1190. The number of carbonyl (C=O) groups excluding carboxylic acids is 1. The molecule has 0 aliphatic heterocycles. The highest BCUT2D eigenvalue weighted by Crippen LogP contribution is 2.22. The first-order valence-corrected chi connectivity index (χ1v) is 15.5. The van der Waals surface area contributed by atoms with Crippen molar-refractivity contribution in [3.05, 3.63) is 70.1 Å².